The van der Waals surface area contributed by atoms with Gasteiger partial charge in [-0.2, -0.15) is 0 Å². The van der Waals surface area contributed by atoms with E-state index in [9.17, 15) is 40.2 Å². The average molecular weight is 607 g/mol. The number of ether oxygens (including phenoxy) is 6. The molecule has 0 amide bonds. The number of esters is 1. The first kappa shape index (κ1) is 31.1. The van der Waals surface area contributed by atoms with E-state index in [1.165, 1.54) is 13.0 Å². The molecule has 0 spiro atoms. The lowest BCUT2D eigenvalue weighted by Crippen LogP contribution is -2.65. The number of aliphatic hydroxyl groups excluding tert-OH is 5. The molecule has 14 nitrogen and oxygen atoms in total. The normalized spacial score (nSPS) is 35.9. The van der Waals surface area contributed by atoms with Crippen molar-refractivity contribution in [3.8, 4) is 17.2 Å². The molecule has 234 valence electrons. The van der Waals surface area contributed by atoms with Gasteiger partial charge in [-0.05, 0) is 12.5 Å². The number of carbonyl (C=O) groups excluding carboxylic acids is 2. The number of benzene rings is 2. The van der Waals surface area contributed by atoms with Crippen molar-refractivity contribution in [3.63, 3.8) is 0 Å². The van der Waals surface area contributed by atoms with Crippen molar-refractivity contribution in [3.05, 3.63) is 53.6 Å². The molecule has 0 bridgehead atoms. The molecular formula is C29H34O14. The molecule has 11 atom stereocenters. The highest BCUT2D eigenvalue weighted by molar-refractivity contribution is 6.02. The van der Waals surface area contributed by atoms with Crippen molar-refractivity contribution in [2.75, 3.05) is 6.61 Å². The number of rotatable bonds is 7. The molecule has 2 aromatic rings. The van der Waals surface area contributed by atoms with Crippen molar-refractivity contribution in [2.45, 2.75) is 87.8 Å². The summed E-state index contributed by atoms with van der Waals surface area (Å²) in [5.41, 5.74) is 0.710. The standard InChI is InChI=1S/C29H34O14/c1-12-26(39-13(2)31)24(36)25(37)28(38-12)43-27-23(35)22(34)20(11-30)42-29(27)40-15-8-16(32)21-17(33)10-18(41-19(21)9-15)14-6-4-3-5-7-14/h3-9,12,18,20,22-30,32,34-37H,10-11H2,1-2H3. The predicted molar refractivity (Wildman–Crippen MR) is 142 cm³/mol. The maximum absolute atomic E-state index is 12.9. The first-order valence-corrected chi connectivity index (χ1v) is 13.7. The smallest absolute Gasteiger partial charge is 0.303 e. The topological polar surface area (TPSA) is 211 Å². The van der Waals surface area contributed by atoms with Crippen molar-refractivity contribution in [2.24, 2.45) is 0 Å². The van der Waals surface area contributed by atoms with Crippen molar-refractivity contribution in [1.82, 2.24) is 0 Å². The van der Waals surface area contributed by atoms with Crippen LogP contribution in [0.25, 0.3) is 0 Å². The zero-order chi connectivity index (χ0) is 31.0. The van der Waals surface area contributed by atoms with Crippen LogP contribution in [0.3, 0.4) is 0 Å². The molecule has 3 aliphatic heterocycles. The Morgan fingerprint density at radius 1 is 0.953 bits per heavy atom. The first-order chi connectivity index (χ1) is 20.5. The summed E-state index contributed by atoms with van der Waals surface area (Å²) in [6.07, 6.45) is -15.7. The minimum Gasteiger partial charge on any atom is -0.507 e. The molecule has 2 aromatic carbocycles. The maximum Gasteiger partial charge on any atom is 0.303 e. The Balaban J connectivity index is 1.39. The van der Waals surface area contributed by atoms with Gasteiger partial charge in [-0.25, -0.2) is 0 Å². The van der Waals surface area contributed by atoms with Crippen LogP contribution in [0.2, 0.25) is 0 Å². The number of hydrogen-bond acceptors (Lipinski definition) is 14. The molecule has 3 aliphatic rings. The Morgan fingerprint density at radius 2 is 1.65 bits per heavy atom. The predicted octanol–water partition coefficient (Wildman–Crippen LogP) is -0.300. The van der Waals surface area contributed by atoms with E-state index in [0.717, 1.165) is 18.6 Å². The Bertz CT molecular complexity index is 1300. The molecule has 14 heteroatoms. The van der Waals surface area contributed by atoms with E-state index in [-0.39, 0.29) is 29.3 Å². The van der Waals surface area contributed by atoms with E-state index in [4.69, 9.17) is 28.4 Å². The second-order valence-corrected chi connectivity index (χ2v) is 10.7. The summed E-state index contributed by atoms with van der Waals surface area (Å²) in [7, 11) is 0. The number of hydrogen-bond donors (Lipinski definition) is 6. The second kappa shape index (κ2) is 12.7. The zero-order valence-electron chi connectivity index (χ0n) is 23.3. The van der Waals surface area contributed by atoms with Crippen LogP contribution in [0.15, 0.2) is 42.5 Å². The zero-order valence-corrected chi connectivity index (χ0v) is 23.3. The van der Waals surface area contributed by atoms with Crippen LogP contribution in [0.1, 0.15) is 42.3 Å². The lowest BCUT2D eigenvalue weighted by atomic mass is 9.95. The van der Waals surface area contributed by atoms with Crippen LogP contribution in [0, 0.1) is 0 Å². The summed E-state index contributed by atoms with van der Waals surface area (Å²) >= 11 is 0. The van der Waals surface area contributed by atoms with Crippen LogP contribution in [0.4, 0.5) is 0 Å². The largest absolute Gasteiger partial charge is 0.507 e. The third kappa shape index (κ3) is 6.32. The third-order valence-corrected chi connectivity index (χ3v) is 7.59. The molecule has 6 N–H and O–H groups in total. The Hall–Kier alpha value is -3.34. The molecule has 2 saturated heterocycles. The van der Waals surface area contributed by atoms with Gasteiger partial charge < -0.3 is 59.1 Å². The number of aliphatic hydroxyl groups is 5. The van der Waals surface area contributed by atoms with Gasteiger partial charge in [0.15, 0.2) is 24.3 Å². The maximum atomic E-state index is 12.9. The summed E-state index contributed by atoms with van der Waals surface area (Å²) in [4.78, 5) is 24.3. The molecule has 43 heavy (non-hydrogen) atoms. The van der Waals surface area contributed by atoms with Gasteiger partial charge >= 0.3 is 5.97 Å². The first-order valence-electron chi connectivity index (χ1n) is 13.7. The van der Waals surface area contributed by atoms with E-state index in [1.54, 1.807) is 24.3 Å². The lowest BCUT2D eigenvalue weighted by molar-refractivity contribution is -0.354. The molecule has 0 aliphatic carbocycles. The molecule has 5 rings (SSSR count). The number of fused-ring (bicyclic) bond motifs is 1. The van der Waals surface area contributed by atoms with Crippen LogP contribution in [0.5, 0.6) is 17.2 Å². The highest BCUT2D eigenvalue weighted by atomic mass is 16.8. The Kier molecular flexibility index (Phi) is 9.20. The quantitative estimate of drug-likeness (QED) is 0.224. The molecule has 2 fully saturated rings. The number of phenolic OH excluding ortho intramolecular Hbond substituents is 1. The van der Waals surface area contributed by atoms with Gasteiger partial charge in [0.25, 0.3) is 0 Å². The van der Waals surface area contributed by atoms with Gasteiger partial charge in [0.2, 0.25) is 6.29 Å². The Morgan fingerprint density at radius 3 is 2.33 bits per heavy atom. The van der Waals surface area contributed by atoms with E-state index in [2.05, 4.69) is 0 Å². The highest BCUT2D eigenvalue weighted by Crippen LogP contribution is 2.42. The van der Waals surface area contributed by atoms with Gasteiger partial charge in [0.1, 0.15) is 59.4 Å². The van der Waals surface area contributed by atoms with E-state index >= 15 is 0 Å². The summed E-state index contributed by atoms with van der Waals surface area (Å²) < 4.78 is 34.0. The number of phenols is 1. The molecule has 0 aromatic heterocycles. The molecular weight excluding hydrogens is 572 g/mol. The number of carbonyl (C=O) groups is 2. The SMILES string of the molecule is CC(=O)OC1C(C)OC(OC2C(Oc3cc(O)c4c(c3)OC(c3ccccc3)CC4=O)OC(CO)C(O)C2O)C(O)C1O. The summed E-state index contributed by atoms with van der Waals surface area (Å²) in [5.74, 6) is -1.53. The van der Waals surface area contributed by atoms with Gasteiger partial charge in [0, 0.05) is 19.1 Å². The lowest BCUT2D eigenvalue weighted by Gasteiger charge is -2.46. The van der Waals surface area contributed by atoms with Crippen LogP contribution in [-0.4, -0.2) is 110 Å². The van der Waals surface area contributed by atoms with Crippen LogP contribution in [-0.2, 0) is 23.7 Å². The van der Waals surface area contributed by atoms with Crippen molar-refractivity contribution >= 4 is 11.8 Å². The van der Waals surface area contributed by atoms with Gasteiger partial charge in [-0.1, -0.05) is 30.3 Å². The van der Waals surface area contributed by atoms with Gasteiger partial charge in [0.05, 0.1) is 19.1 Å². The highest BCUT2D eigenvalue weighted by Gasteiger charge is 2.51. The fourth-order valence-electron chi connectivity index (χ4n) is 5.39. The number of ketones is 1. The third-order valence-electron chi connectivity index (χ3n) is 7.59. The van der Waals surface area contributed by atoms with E-state index in [0.29, 0.717) is 0 Å². The van der Waals surface area contributed by atoms with Gasteiger partial charge in [-0.15, -0.1) is 0 Å². The van der Waals surface area contributed by atoms with Gasteiger partial charge in [-0.3, -0.25) is 9.59 Å². The average Bonchev–Trinajstić information content (AvgIpc) is 2.97. The fraction of sp³-hybridized carbons (Fsp3) is 0.517. The molecule has 0 radical (unpaired) electrons. The van der Waals surface area contributed by atoms with E-state index in [1.807, 2.05) is 6.07 Å². The molecule has 3 heterocycles. The summed E-state index contributed by atoms with van der Waals surface area (Å²) in [5, 5.41) is 63.1. The van der Waals surface area contributed by atoms with Crippen molar-refractivity contribution in [1.29, 1.82) is 0 Å². The van der Waals surface area contributed by atoms with E-state index < -0.39 is 85.8 Å². The second-order valence-electron chi connectivity index (χ2n) is 10.7. The van der Waals surface area contributed by atoms with Crippen LogP contribution >= 0.6 is 0 Å². The summed E-state index contributed by atoms with van der Waals surface area (Å²) in [6, 6.07) is 11.5. The summed E-state index contributed by atoms with van der Waals surface area (Å²) in [6.45, 7) is 1.89. The van der Waals surface area contributed by atoms with Crippen LogP contribution < -0.4 is 9.47 Å². The number of aromatic hydroxyl groups is 1. The van der Waals surface area contributed by atoms with Crippen molar-refractivity contribution < 1.29 is 68.6 Å². The minimum absolute atomic E-state index is 0.000983. The monoisotopic (exact) mass is 606 g/mol. The minimum atomic E-state index is -1.76. The molecule has 0 saturated carbocycles. The number of Topliss-reactive ketones (excluding diaryl/α,β-unsaturated/α-hetero) is 1. The fourth-order valence-corrected chi connectivity index (χ4v) is 5.39. The molecule has 11 unspecified atom stereocenters. The Labute approximate surface area is 245 Å².